The number of aromatic nitrogens is 2. The van der Waals surface area contributed by atoms with E-state index in [0.717, 1.165) is 32.7 Å². The number of nitrogens with one attached hydrogen (secondary N) is 1. The lowest BCUT2D eigenvalue weighted by Crippen LogP contribution is -2.51. The maximum Gasteiger partial charge on any atom is 0.307 e. The minimum Gasteiger partial charge on any atom is -0.490 e. The fraction of sp³-hybridized carbons (Fsp3) is 0.375. The van der Waals surface area contributed by atoms with Gasteiger partial charge in [0.05, 0.1) is 28.7 Å². The Labute approximate surface area is 207 Å². The van der Waals surface area contributed by atoms with Crippen LogP contribution in [0.1, 0.15) is 6.42 Å². The molecule has 1 aromatic heterocycles. The van der Waals surface area contributed by atoms with Crippen molar-refractivity contribution in [3.05, 3.63) is 47.5 Å². The third kappa shape index (κ3) is 5.39. The lowest BCUT2D eigenvalue weighted by Gasteiger charge is -2.36. The predicted octanol–water partition coefficient (Wildman–Crippen LogP) is 3.06. The van der Waals surface area contributed by atoms with Crippen LogP contribution in [-0.2, 0) is 9.53 Å². The third-order valence-corrected chi connectivity index (χ3v) is 6.67. The van der Waals surface area contributed by atoms with Crippen molar-refractivity contribution < 1.29 is 18.7 Å². The molecule has 11 heteroatoms. The molecule has 184 valence electrons. The number of halogens is 2. The Morgan fingerprint density at radius 2 is 2.03 bits per heavy atom. The quantitative estimate of drug-likeness (QED) is 0.374. The number of nitrogen functional groups attached to an aromatic ring is 1. The largest absolute Gasteiger partial charge is 0.490 e. The second kappa shape index (κ2) is 10.2. The average Bonchev–Trinajstić information content (AvgIpc) is 3.29. The molecule has 3 aromatic rings. The Bertz CT molecular complexity index is 1240. The van der Waals surface area contributed by atoms with E-state index in [2.05, 4.69) is 25.1 Å². The number of hydrogen-bond donors (Lipinski definition) is 2. The van der Waals surface area contributed by atoms with Gasteiger partial charge in [0.1, 0.15) is 36.9 Å². The fourth-order valence-corrected chi connectivity index (χ4v) is 4.59. The number of nitrogens with two attached hydrogens (primary N) is 1. The van der Waals surface area contributed by atoms with Gasteiger partial charge in [-0.25, -0.2) is 14.4 Å². The molecule has 2 aromatic carbocycles. The van der Waals surface area contributed by atoms with E-state index in [4.69, 9.17) is 26.8 Å². The molecule has 2 aliphatic heterocycles. The first-order valence-electron chi connectivity index (χ1n) is 11.5. The second-order valence-corrected chi connectivity index (χ2v) is 9.06. The van der Waals surface area contributed by atoms with Gasteiger partial charge < -0.3 is 20.5 Å². The Morgan fingerprint density at radius 3 is 2.77 bits per heavy atom. The zero-order valence-electron chi connectivity index (χ0n) is 19.0. The number of cyclic esters (lactones) is 1. The Kier molecular flexibility index (Phi) is 6.85. The number of esters is 1. The number of benzene rings is 2. The summed E-state index contributed by atoms with van der Waals surface area (Å²) in [6, 6.07) is 8.13. The summed E-state index contributed by atoms with van der Waals surface area (Å²) in [5.74, 6) is 0.500. The molecule has 0 amide bonds. The number of piperazine rings is 1. The zero-order chi connectivity index (χ0) is 24.4. The second-order valence-electron chi connectivity index (χ2n) is 8.65. The van der Waals surface area contributed by atoms with Crippen LogP contribution in [0.15, 0.2) is 36.7 Å². The van der Waals surface area contributed by atoms with Crippen molar-refractivity contribution in [1.29, 1.82) is 0 Å². The molecule has 2 aliphatic rings. The van der Waals surface area contributed by atoms with Crippen LogP contribution in [0.2, 0.25) is 5.02 Å². The van der Waals surface area contributed by atoms with Crippen LogP contribution >= 0.6 is 11.6 Å². The number of rotatable bonds is 7. The van der Waals surface area contributed by atoms with Crippen LogP contribution in [0.3, 0.4) is 0 Å². The molecule has 3 N–H and O–H groups in total. The van der Waals surface area contributed by atoms with Gasteiger partial charge in [-0.15, -0.1) is 0 Å². The van der Waals surface area contributed by atoms with Crippen LogP contribution in [-0.4, -0.2) is 77.7 Å². The summed E-state index contributed by atoms with van der Waals surface area (Å²) in [4.78, 5) is 24.7. The number of anilines is 3. The maximum absolute atomic E-state index is 13.5. The molecule has 0 aliphatic carbocycles. The van der Waals surface area contributed by atoms with Crippen LogP contribution in [0.25, 0.3) is 10.9 Å². The highest BCUT2D eigenvalue weighted by Crippen LogP contribution is 2.32. The Hall–Kier alpha value is -3.21. The molecule has 3 heterocycles. The van der Waals surface area contributed by atoms with Crippen molar-refractivity contribution in [2.24, 2.45) is 0 Å². The van der Waals surface area contributed by atoms with Gasteiger partial charge in [0, 0.05) is 49.9 Å². The first kappa shape index (κ1) is 23.5. The van der Waals surface area contributed by atoms with E-state index in [9.17, 15) is 9.18 Å². The molecule has 0 radical (unpaired) electrons. The van der Waals surface area contributed by atoms with E-state index in [0.29, 0.717) is 53.5 Å². The lowest BCUT2D eigenvalue weighted by molar-refractivity contribution is -0.137. The maximum atomic E-state index is 13.5. The average molecular weight is 501 g/mol. The number of carbonyl (C=O) groups is 1. The normalized spacial score (nSPS) is 19.1. The van der Waals surface area contributed by atoms with Gasteiger partial charge >= 0.3 is 5.97 Å². The molecule has 1 atom stereocenters. The Balaban J connectivity index is 1.18. The molecule has 35 heavy (non-hydrogen) atoms. The SMILES string of the molecule is Nc1cc2c(Nc3ccc(F)c(Cl)c3)ncnc2cc1OCCN1CCN(C2COC(=O)C2)CC1. The summed E-state index contributed by atoms with van der Waals surface area (Å²) in [5.41, 5.74) is 8.02. The van der Waals surface area contributed by atoms with E-state index in [1.54, 1.807) is 18.2 Å². The lowest BCUT2D eigenvalue weighted by atomic mass is 10.2. The molecular weight excluding hydrogens is 475 g/mol. The number of carbonyl (C=O) groups excluding carboxylic acids is 1. The molecule has 2 saturated heterocycles. The van der Waals surface area contributed by atoms with E-state index in [-0.39, 0.29) is 17.0 Å². The van der Waals surface area contributed by atoms with Crippen molar-refractivity contribution in [2.45, 2.75) is 12.5 Å². The predicted molar refractivity (Wildman–Crippen MR) is 132 cm³/mol. The summed E-state index contributed by atoms with van der Waals surface area (Å²) in [6.45, 7) is 5.41. The number of nitrogens with zero attached hydrogens (tertiary/aromatic N) is 4. The van der Waals surface area contributed by atoms with Crippen molar-refractivity contribution >= 4 is 45.7 Å². The molecule has 9 nitrogen and oxygen atoms in total. The standard InChI is InChI=1S/C24H26ClFN6O3/c25-18-9-15(1-2-19(18)26)30-24-17-11-20(27)22(12-21(17)28-14-29-24)34-8-7-31-3-5-32(6-4-31)16-10-23(33)35-13-16/h1-2,9,11-12,14,16H,3-8,10,13,27H2,(H,28,29,30). The monoisotopic (exact) mass is 500 g/mol. The number of fused-ring (bicyclic) bond motifs is 1. The highest BCUT2D eigenvalue weighted by atomic mass is 35.5. The van der Waals surface area contributed by atoms with Gasteiger partial charge in [-0.05, 0) is 24.3 Å². The number of hydrogen-bond acceptors (Lipinski definition) is 9. The van der Waals surface area contributed by atoms with Gasteiger partial charge in [-0.3, -0.25) is 14.6 Å². The van der Waals surface area contributed by atoms with Crippen LogP contribution in [0, 0.1) is 5.82 Å². The summed E-state index contributed by atoms with van der Waals surface area (Å²) in [5, 5.41) is 3.87. The van der Waals surface area contributed by atoms with Gasteiger partial charge in [0.15, 0.2) is 0 Å². The summed E-state index contributed by atoms with van der Waals surface area (Å²) >= 11 is 5.88. The highest BCUT2D eigenvalue weighted by molar-refractivity contribution is 6.31. The topological polar surface area (TPSA) is 106 Å². The summed E-state index contributed by atoms with van der Waals surface area (Å²) in [6.07, 6.45) is 1.93. The van der Waals surface area contributed by atoms with Gasteiger partial charge in [-0.1, -0.05) is 11.6 Å². The molecule has 0 saturated carbocycles. The number of ether oxygens (including phenoxy) is 2. The van der Waals surface area contributed by atoms with Crippen LogP contribution in [0.5, 0.6) is 5.75 Å². The molecule has 1 unspecified atom stereocenters. The zero-order valence-corrected chi connectivity index (χ0v) is 19.8. The van der Waals surface area contributed by atoms with Crippen LogP contribution < -0.4 is 15.8 Å². The first-order chi connectivity index (χ1) is 17.0. The smallest absolute Gasteiger partial charge is 0.307 e. The fourth-order valence-electron chi connectivity index (χ4n) is 4.41. The molecule has 0 bridgehead atoms. The van der Waals surface area contributed by atoms with E-state index < -0.39 is 5.82 Å². The minimum atomic E-state index is -0.488. The van der Waals surface area contributed by atoms with Gasteiger partial charge in [-0.2, -0.15) is 0 Å². The van der Waals surface area contributed by atoms with E-state index in [1.165, 1.54) is 18.5 Å². The summed E-state index contributed by atoms with van der Waals surface area (Å²) in [7, 11) is 0. The third-order valence-electron chi connectivity index (χ3n) is 6.38. The Morgan fingerprint density at radius 1 is 1.20 bits per heavy atom. The van der Waals surface area contributed by atoms with Gasteiger partial charge in [0.2, 0.25) is 0 Å². The summed E-state index contributed by atoms with van der Waals surface area (Å²) < 4.78 is 24.5. The van der Waals surface area contributed by atoms with Crippen molar-refractivity contribution in [2.75, 3.05) is 57.0 Å². The van der Waals surface area contributed by atoms with Crippen molar-refractivity contribution in [1.82, 2.24) is 19.8 Å². The molecular formula is C24H26ClFN6O3. The molecule has 5 rings (SSSR count). The molecule has 0 spiro atoms. The van der Waals surface area contributed by atoms with E-state index in [1.807, 2.05) is 0 Å². The van der Waals surface area contributed by atoms with E-state index >= 15 is 0 Å². The highest BCUT2D eigenvalue weighted by Gasteiger charge is 2.31. The van der Waals surface area contributed by atoms with Crippen LogP contribution in [0.4, 0.5) is 21.6 Å². The van der Waals surface area contributed by atoms with Crippen molar-refractivity contribution in [3.63, 3.8) is 0 Å². The van der Waals surface area contributed by atoms with Gasteiger partial charge in [0.25, 0.3) is 0 Å². The molecule has 2 fully saturated rings. The van der Waals surface area contributed by atoms with Crippen molar-refractivity contribution in [3.8, 4) is 5.75 Å². The minimum absolute atomic E-state index is 0.0210. The first-order valence-corrected chi connectivity index (χ1v) is 11.9.